The summed E-state index contributed by atoms with van der Waals surface area (Å²) in [7, 11) is 0. The van der Waals surface area contributed by atoms with E-state index in [9.17, 15) is 0 Å². The van der Waals surface area contributed by atoms with Gasteiger partial charge in [0.2, 0.25) is 0 Å². The highest BCUT2D eigenvalue weighted by Crippen LogP contribution is 2.36. The zero-order valence-corrected chi connectivity index (χ0v) is 15.4. The minimum atomic E-state index is 0.150. The predicted octanol–water partition coefficient (Wildman–Crippen LogP) is 3.60. The van der Waals surface area contributed by atoms with Crippen LogP contribution in [0.15, 0.2) is 42.5 Å². The molecule has 0 saturated carbocycles. The Bertz CT molecular complexity index is 753. The quantitative estimate of drug-likeness (QED) is 0.891. The normalized spacial score (nSPS) is 18.5. The van der Waals surface area contributed by atoms with Crippen LogP contribution in [0.25, 0.3) is 0 Å². The third kappa shape index (κ3) is 3.57. The third-order valence-electron chi connectivity index (χ3n) is 5.57. The first kappa shape index (κ1) is 17.4. The molecule has 26 heavy (non-hydrogen) atoms. The van der Waals surface area contributed by atoms with Crippen molar-refractivity contribution in [3.05, 3.63) is 59.2 Å². The molecule has 1 N–H and O–H groups in total. The van der Waals surface area contributed by atoms with Crippen LogP contribution in [0.4, 0.5) is 0 Å². The van der Waals surface area contributed by atoms with E-state index in [4.69, 9.17) is 14.2 Å². The van der Waals surface area contributed by atoms with Gasteiger partial charge in [0.25, 0.3) is 0 Å². The molecule has 2 aromatic carbocycles. The number of hydrogen-bond donors (Lipinski definition) is 1. The Kier molecular flexibility index (Phi) is 5.14. The summed E-state index contributed by atoms with van der Waals surface area (Å²) in [6.07, 6.45) is 2.12. The average Bonchev–Trinajstić information content (AvgIpc) is 2.69. The highest BCUT2D eigenvalue weighted by molar-refractivity contribution is 5.43. The zero-order valence-electron chi connectivity index (χ0n) is 15.4. The van der Waals surface area contributed by atoms with E-state index in [2.05, 4.69) is 48.6 Å². The van der Waals surface area contributed by atoms with E-state index in [-0.39, 0.29) is 5.41 Å². The van der Waals surface area contributed by atoms with E-state index in [1.165, 1.54) is 16.7 Å². The fourth-order valence-corrected chi connectivity index (χ4v) is 4.12. The van der Waals surface area contributed by atoms with Crippen molar-refractivity contribution < 1.29 is 14.2 Å². The van der Waals surface area contributed by atoms with Crippen LogP contribution in [0.5, 0.6) is 11.5 Å². The summed E-state index contributed by atoms with van der Waals surface area (Å²) in [4.78, 5) is 0. The van der Waals surface area contributed by atoms with Crippen LogP contribution in [0.1, 0.15) is 29.5 Å². The first-order chi connectivity index (χ1) is 12.8. The van der Waals surface area contributed by atoms with Gasteiger partial charge in [-0.15, -0.1) is 0 Å². The van der Waals surface area contributed by atoms with E-state index in [1.807, 2.05) is 6.07 Å². The molecule has 138 valence electrons. The highest BCUT2D eigenvalue weighted by Gasteiger charge is 2.35. The molecular weight excluding hydrogens is 326 g/mol. The second-order valence-electron chi connectivity index (χ2n) is 7.29. The molecule has 2 aliphatic heterocycles. The van der Waals surface area contributed by atoms with Gasteiger partial charge in [0.1, 0.15) is 13.2 Å². The lowest BCUT2D eigenvalue weighted by atomic mass is 9.72. The lowest BCUT2D eigenvalue weighted by molar-refractivity contribution is 0.0495. The largest absolute Gasteiger partial charge is 0.486 e. The highest BCUT2D eigenvalue weighted by atomic mass is 16.6. The first-order valence-corrected chi connectivity index (χ1v) is 9.50. The van der Waals surface area contributed by atoms with Crippen molar-refractivity contribution in [2.75, 3.05) is 33.0 Å². The Hall–Kier alpha value is -2.04. The molecule has 0 amide bonds. The molecule has 0 aromatic heterocycles. The Balaban J connectivity index is 1.46. The van der Waals surface area contributed by atoms with E-state index in [0.717, 1.165) is 50.6 Å². The van der Waals surface area contributed by atoms with Crippen molar-refractivity contribution in [3.8, 4) is 11.5 Å². The zero-order chi connectivity index (χ0) is 17.8. The lowest BCUT2D eigenvalue weighted by Gasteiger charge is -2.39. The van der Waals surface area contributed by atoms with Crippen molar-refractivity contribution in [1.29, 1.82) is 0 Å². The van der Waals surface area contributed by atoms with Crippen molar-refractivity contribution in [1.82, 2.24) is 5.32 Å². The molecule has 4 rings (SSSR count). The number of ether oxygens (including phenoxy) is 3. The molecule has 1 saturated heterocycles. The third-order valence-corrected chi connectivity index (χ3v) is 5.57. The number of aryl methyl sites for hydroxylation is 1. The van der Waals surface area contributed by atoms with Gasteiger partial charge in [0.05, 0.1) is 0 Å². The molecule has 0 aliphatic carbocycles. The van der Waals surface area contributed by atoms with Gasteiger partial charge < -0.3 is 19.5 Å². The number of rotatable bonds is 5. The van der Waals surface area contributed by atoms with E-state index < -0.39 is 0 Å². The maximum Gasteiger partial charge on any atom is 0.161 e. The Labute approximate surface area is 155 Å². The summed E-state index contributed by atoms with van der Waals surface area (Å²) >= 11 is 0. The van der Waals surface area contributed by atoms with Crippen LogP contribution in [-0.4, -0.2) is 33.0 Å². The van der Waals surface area contributed by atoms with Crippen LogP contribution < -0.4 is 14.8 Å². The van der Waals surface area contributed by atoms with Gasteiger partial charge in [0.15, 0.2) is 11.5 Å². The minimum absolute atomic E-state index is 0.150. The Morgan fingerprint density at radius 2 is 1.69 bits per heavy atom. The summed E-state index contributed by atoms with van der Waals surface area (Å²) in [6, 6.07) is 15.0. The van der Waals surface area contributed by atoms with Gasteiger partial charge >= 0.3 is 0 Å². The van der Waals surface area contributed by atoms with Gasteiger partial charge in [-0.3, -0.25) is 0 Å². The van der Waals surface area contributed by atoms with Gasteiger partial charge in [-0.1, -0.05) is 30.3 Å². The van der Waals surface area contributed by atoms with Crippen molar-refractivity contribution in [2.45, 2.75) is 31.7 Å². The molecular formula is C22H27NO3. The van der Waals surface area contributed by atoms with Crippen LogP contribution in [0.2, 0.25) is 0 Å². The monoisotopic (exact) mass is 353 g/mol. The number of nitrogens with one attached hydrogen (secondary N) is 1. The SMILES string of the molecule is Cc1ccccc1C1(CNCc2ccc3c(c2)OCCO3)CCOCC1. The van der Waals surface area contributed by atoms with Gasteiger partial charge in [-0.25, -0.2) is 0 Å². The summed E-state index contributed by atoms with van der Waals surface area (Å²) in [5, 5.41) is 3.69. The maximum atomic E-state index is 5.70. The lowest BCUT2D eigenvalue weighted by Crippen LogP contribution is -2.43. The smallest absolute Gasteiger partial charge is 0.161 e. The Morgan fingerprint density at radius 1 is 0.923 bits per heavy atom. The van der Waals surface area contributed by atoms with Crippen molar-refractivity contribution >= 4 is 0 Å². The van der Waals surface area contributed by atoms with Gasteiger partial charge in [0, 0.05) is 31.7 Å². The number of fused-ring (bicyclic) bond motifs is 1. The number of hydrogen-bond acceptors (Lipinski definition) is 4. The topological polar surface area (TPSA) is 39.7 Å². The molecule has 0 radical (unpaired) electrons. The maximum absolute atomic E-state index is 5.70. The van der Waals surface area contributed by atoms with Gasteiger partial charge in [-0.05, 0) is 48.6 Å². The molecule has 0 bridgehead atoms. The van der Waals surface area contributed by atoms with Crippen LogP contribution in [-0.2, 0) is 16.7 Å². The van der Waals surface area contributed by atoms with Crippen LogP contribution >= 0.6 is 0 Å². The van der Waals surface area contributed by atoms with E-state index in [1.54, 1.807) is 0 Å². The summed E-state index contributed by atoms with van der Waals surface area (Å²) in [5.41, 5.74) is 4.20. The second-order valence-corrected chi connectivity index (χ2v) is 7.29. The molecule has 2 aliphatic rings. The minimum Gasteiger partial charge on any atom is -0.486 e. The molecule has 4 heteroatoms. The fourth-order valence-electron chi connectivity index (χ4n) is 4.12. The molecule has 0 atom stereocenters. The second kappa shape index (κ2) is 7.68. The molecule has 2 heterocycles. The molecule has 0 spiro atoms. The molecule has 4 nitrogen and oxygen atoms in total. The number of benzene rings is 2. The van der Waals surface area contributed by atoms with Crippen molar-refractivity contribution in [3.63, 3.8) is 0 Å². The Morgan fingerprint density at radius 3 is 2.50 bits per heavy atom. The summed E-state index contributed by atoms with van der Waals surface area (Å²) in [6.45, 7) is 6.92. The predicted molar refractivity (Wildman–Crippen MR) is 102 cm³/mol. The van der Waals surface area contributed by atoms with Crippen LogP contribution in [0, 0.1) is 6.92 Å². The molecule has 1 fully saturated rings. The molecule has 0 unspecified atom stereocenters. The fraction of sp³-hybridized carbons (Fsp3) is 0.455. The van der Waals surface area contributed by atoms with E-state index in [0.29, 0.717) is 13.2 Å². The first-order valence-electron chi connectivity index (χ1n) is 9.50. The van der Waals surface area contributed by atoms with Crippen LogP contribution in [0.3, 0.4) is 0 Å². The van der Waals surface area contributed by atoms with Crippen molar-refractivity contribution in [2.24, 2.45) is 0 Å². The summed E-state index contributed by atoms with van der Waals surface area (Å²) < 4.78 is 17.0. The molecule has 2 aromatic rings. The standard InChI is InChI=1S/C22H27NO3/c1-17-4-2-3-5-19(17)22(8-10-24-11-9-22)16-23-15-18-6-7-20-21(14-18)26-13-12-25-20/h2-7,14,23H,8-13,15-16H2,1H3. The average molecular weight is 353 g/mol. The van der Waals surface area contributed by atoms with E-state index >= 15 is 0 Å². The van der Waals surface area contributed by atoms with Gasteiger partial charge in [-0.2, -0.15) is 0 Å². The summed E-state index contributed by atoms with van der Waals surface area (Å²) in [5.74, 6) is 1.70.